The van der Waals surface area contributed by atoms with Crippen LogP contribution in [0.1, 0.15) is 51.9 Å². The van der Waals surface area contributed by atoms with Gasteiger partial charge in [0.25, 0.3) is 0 Å². The normalized spacial score (nSPS) is 48.3. The van der Waals surface area contributed by atoms with Crippen LogP contribution >= 0.6 is 0 Å². The highest BCUT2D eigenvalue weighted by molar-refractivity contribution is 5.91. The molecule has 1 nitrogen and oxygen atoms in total. The van der Waals surface area contributed by atoms with Crippen molar-refractivity contribution in [2.45, 2.75) is 51.9 Å². The molecule has 0 amide bonds. The third-order valence-corrected chi connectivity index (χ3v) is 6.65. The summed E-state index contributed by atoms with van der Waals surface area (Å²) in [4.78, 5) is 11.6. The lowest BCUT2D eigenvalue weighted by atomic mass is 9.54. The molecular formula is C18H24O. The number of carbonyl (C=O) groups is 1. The summed E-state index contributed by atoms with van der Waals surface area (Å²) in [5.74, 6) is 3.59. The summed E-state index contributed by atoms with van der Waals surface area (Å²) in [6.07, 6.45) is 15.7. The van der Waals surface area contributed by atoms with Crippen LogP contribution in [0.15, 0.2) is 23.8 Å². The van der Waals surface area contributed by atoms with Gasteiger partial charge in [0, 0.05) is 6.42 Å². The number of hydrogen-bond acceptors (Lipinski definition) is 1. The first-order valence-corrected chi connectivity index (χ1v) is 8.10. The van der Waals surface area contributed by atoms with Gasteiger partial charge in [-0.3, -0.25) is 4.79 Å². The molecule has 102 valence electrons. The zero-order valence-corrected chi connectivity index (χ0v) is 11.9. The van der Waals surface area contributed by atoms with Crippen LogP contribution in [0.2, 0.25) is 0 Å². The maximum atomic E-state index is 11.6. The minimum Gasteiger partial charge on any atom is -0.295 e. The summed E-state index contributed by atoms with van der Waals surface area (Å²) in [5, 5.41) is 0. The van der Waals surface area contributed by atoms with Crippen LogP contribution in [-0.2, 0) is 4.79 Å². The number of ketones is 1. The highest BCUT2D eigenvalue weighted by atomic mass is 16.1. The zero-order chi connectivity index (χ0) is 13.0. The van der Waals surface area contributed by atoms with Crippen molar-refractivity contribution >= 4 is 5.78 Å². The monoisotopic (exact) mass is 256 g/mol. The van der Waals surface area contributed by atoms with E-state index in [-0.39, 0.29) is 0 Å². The Labute approximate surface area is 116 Å². The Bertz CT molecular complexity index is 472. The van der Waals surface area contributed by atoms with Crippen molar-refractivity contribution in [3.63, 3.8) is 0 Å². The van der Waals surface area contributed by atoms with Gasteiger partial charge in [-0.2, -0.15) is 0 Å². The maximum absolute atomic E-state index is 11.6. The molecule has 0 saturated heterocycles. The van der Waals surface area contributed by atoms with Crippen molar-refractivity contribution in [2.24, 2.45) is 29.1 Å². The molecular weight excluding hydrogens is 232 g/mol. The average Bonchev–Trinajstić information content (AvgIpc) is 2.79. The third-order valence-electron chi connectivity index (χ3n) is 6.65. The van der Waals surface area contributed by atoms with Crippen LogP contribution in [0, 0.1) is 29.1 Å². The van der Waals surface area contributed by atoms with Gasteiger partial charge in [-0.1, -0.05) is 25.5 Å². The molecule has 0 aromatic rings. The summed E-state index contributed by atoms with van der Waals surface area (Å²) in [5.41, 5.74) is 1.97. The molecule has 0 radical (unpaired) electrons. The molecule has 4 rings (SSSR count). The molecule has 19 heavy (non-hydrogen) atoms. The molecule has 4 aliphatic carbocycles. The fourth-order valence-electron chi connectivity index (χ4n) is 5.65. The van der Waals surface area contributed by atoms with Gasteiger partial charge in [0.1, 0.15) is 0 Å². The van der Waals surface area contributed by atoms with Crippen LogP contribution in [0.5, 0.6) is 0 Å². The van der Waals surface area contributed by atoms with Crippen LogP contribution < -0.4 is 0 Å². The Hall–Kier alpha value is -0.850. The summed E-state index contributed by atoms with van der Waals surface area (Å²) in [6.45, 7) is 2.53. The SMILES string of the molecule is C[C@@]12CCC[C@H]1[C@@H]1C=CC3=CC(=O)CC[C@H]3[C@H]1CC2. The van der Waals surface area contributed by atoms with Crippen molar-refractivity contribution in [1.29, 1.82) is 0 Å². The lowest BCUT2D eigenvalue weighted by molar-refractivity contribution is -0.115. The van der Waals surface area contributed by atoms with Crippen LogP contribution in [0.25, 0.3) is 0 Å². The van der Waals surface area contributed by atoms with Gasteiger partial charge in [0.05, 0.1) is 0 Å². The van der Waals surface area contributed by atoms with Crippen molar-refractivity contribution in [3.05, 3.63) is 23.8 Å². The summed E-state index contributed by atoms with van der Waals surface area (Å²) in [7, 11) is 0. The number of rotatable bonds is 0. The smallest absolute Gasteiger partial charge is 0.155 e. The van der Waals surface area contributed by atoms with E-state index in [0.717, 1.165) is 30.6 Å². The van der Waals surface area contributed by atoms with Crippen molar-refractivity contribution < 1.29 is 4.79 Å². The number of allylic oxidation sites excluding steroid dienone is 4. The first kappa shape index (κ1) is 11.9. The van der Waals surface area contributed by atoms with E-state index in [1.54, 1.807) is 0 Å². The van der Waals surface area contributed by atoms with Gasteiger partial charge in [-0.05, 0) is 72.8 Å². The maximum Gasteiger partial charge on any atom is 0.155 e. The molecule has 0 aromatic carbocycles. The number of carbonyl (C=O) groups excluding carboxylic acids is 1. The topological polar surface area (TPSA) is 17.1 Å². The lowest BCUT2D eigenvalue weighted by Crippen LogP contribution is -2.42. The fraction of sp³-hybridized carbons (Fsp3) is 0.722. The largest absolute Gasteiger partial charge is 0.295 e. The highest BCUT2D eigenvalue weighted by Gasteiger charge is 2.51. The number of fused-ring (bicyclic) bond motifs is 5. The van der Waals surface area contributed by atoms with E-state index in [2.05, 4.69) is 19.1 Å². The lowest BCUT2D eigenvalue weighted by Gasteiger charge is -2.50. The minimum atomic E-state index is 0.343. The second-order valence-electron chi connectivity index (χ2n) is 7.55. The quantitative estimate of drug-likeness (QED) is 0.631. The van der Waals surface area contributed by atoms with Crippen LogP contribution in [0.4, 0.5) is 0 Å². The van der Waals surface area contributed by atoms with Gasteiger partial charge in [-0.25, -0.2) is 0 Å². The molecule has 0 N–H and O–H groups in total. The Morgan fingerprint density at radius 2 is 2.11 bits per heavy atom. The van der Waals surface area contributed by atoms with Gasteiger partial charge in [-0.15, -0.1) is 0 Å². The second-order valence-corrected chi connectivity index (χ2v) is 7.55. The molecule has 2 fully saturated rings. The molecule has 0 bridgehead atoms. The van der Waals surface area contributed by atoms with E-state index in [1.807, 2.05) is 6.08 Å². The van der Waals surface area contributed by atoms with Crippen LogP contribution in [0.3, 0.4) is 0 Å². The second kappa shape index (κ2) is 4.07. The standard InChI is InChI=1S/C18H24O/c1-18-9-2-3-17(18)16-6-4-12-11-13(19)5-7-14(12)15(16)8-10-18/h4,6,11,14-17H,2-3,5,7-10H2,1H3/t14-,15-,16-,17+,18+/m1/s1. The Kier molecular flexibility index (Phi) is 2.56. The van der Waals surface area contributed by atoms with Gasteiger partial charge < -0.3 is 0 Å². The first-order chi connectivity index (χ1) is 9.17. The van der Waals surface area contributed by atoms with Gasteiger partial charge in [0.2, 0.25) is 0 Å². The molecule has 0 spiro atoms. The predicted molar refractivity (Wildman–Crippen MR) is 76.6 cm³/mol. The molecule has 0 aliphatic heterocycles. The van der Waals surface area contributed by atoms with Crippen molar-refractivity contribution in [3.8, 4) is 0 Å². The minimum absolute atomic E-state index is 0.343. The first-order valence-electron chi connectivity index (χ1n) is 8.10. The highest BCUT2D eigenvalue weighted by Crippen LogP contribution is 2.60. The van der Waals surface area contributed by atoms with Crippen molar-refractivity contribution in [2.75, 3.05) is 0 Å². The Morgan fingerprint density at radius 3 is 3.00 bits per heavy atom. The average molecular weight is 256 g/mol. The molecule has 0 unspecified atom stereocenters. The number of hydrogen-bond donors (Lipinski definition) is 0. The molecule has 4 aliphatic rings. The third kappa shape index (κ3) is 1.70. The van der Waals surface area contributed by atoms with E-state index in [9.17, 15) is 4.79 Å². The zero-order valence-electron chi connectivity index (χ0n) is 11.9. The summed E-state index contributed by atoms with van der Waals surface area (Å²) >= 11 is 0. The van der Waals surface area contributed by atoms with E-state index in [1.165, 1.54) is 37.7 Å². The van der Waals surface area contributed by atoms with E-state index in [0.29, 0.717) is 17.1 Å². The molecule has 1 heteroatoms. The predicted octanol–water partition coefficient (Wildman–Crippen LogP) is 4.29. The summed E-state index contributed by atoms with van der Waals surface area (Å²) in [6, 6.07) is 0. The van der Waals surface area contributed by atoms with Crippen molar-refractivity contribution in [1.82, 2.24) is 0 Å². The Balaban J connectivity index is 1.70. The van der Waals surface area contributed by atoms with E-state index >= 15 is 0 Å². The van der Waals surface area contributed by atoms with E-state index < -0.39 is 0 Å². The van der Waals surface area contributed by atoms with Gasteiger partial charge >= 0.3 is 0 Å². The molecule has 2 saturated carbocycles. The van der Waals surface area contributed by atoms with E-state index in [4.69, 9.17) is 0 Å². The molecule has 0 heterocycles. The summed E-state index contributed by atoms with van der Waals surface area (Å²) < 4.78 is 0. The fourth-order valence-corrected chi connectivity index (χ4v) is 5.65. The van der Waals surface area contributed by atoms with Crippen LogP contribution in [-0.4, -0.2) is 5.78 Å². The molecule has 0 aromatic heterocycles. The Morgan fingerprint density at radius 1 is 1.21 bits per heavy atom. The van der Waals surface area contributed by atoms with Gasteiger partial charge in [0.15, 0.2) is 5.78 Å². The molecule has 5 atom stereocenters.